The first kappa shape index (κ1) is 18.8. The van der Waals surface area contributed by atoms with Crippen LogP contribution in [0, 0.1) is 10.8 Å². The van der Waals surface area contributed by atoms with Crippen LogP contribution in [0.5, 0.6) is 0 Å². The predicted molar refractivity (Wildman–Crippen MR) is 94.6 cm³/mol. The van der Waals surface area contributed by atoms with Crippen LogP contribution in [0.4, 0.5) is 10.2 Å². The lowest BCUT2D eigenvalue weighted by Gasteiger charge is -2.38. The van der Waals surface area contributed by atoms with E-state index >= 15 is 0 Å². The van der Waals surface area contributed by atoms with Crippen LogP contribution < -0.4 is 5.32 Å². The van der Waals surface area contributed by atoms with Crippen molar-refractivity contribution in [2.75, 3.05) is 11.9 Å². The number of aromatic nitrogens is 1. The summed E-state index contributed by atoms with van der Waals surface area (Å²) in [6, 6.07) is 2.43. The van der Waals surface area contributed by atoms with Crippen LogP contribution in [0.15, 0.2) is 30.2 Å². The molecule has 0 radical (unpaired) electrons. The fourth-order valence-electron chi connectivity index (χ4n) is 3.18. The van der Waals surface area contributed by atoms with Crippen LogP contribution in [0.1, 0.15) is 37.6 Å². The van der Waals surface area contributed by atoms with E-state index in [-0.39, 0.29) is 29.8 Å². The molecule has 3 rings (SSSR count). The van der Waals surface area contributed by atoms with Crippen molar-refractivity contribution in [3.63, 3.8) is 0 Å². The van der Waals surface area contributed by atoms with Gasteiger partial charge in [-0.25, -0.2) is 9.37 Å². The minimum absolute atomic E-state index is 0.108. The Morgan fingerprint density at radius 2 is 2.33 bits per heavy atom. The number of halogens is 1. The molecule has 2 heterocycles. The number of allylic oxidation sites excluding steroid dienone is 1. The largest absolute Gasteiger partial charge is 0.494 e. The van der Waals surface area contributed by atoms with Gasteiger partial charge in [0.1, 0.15) is 29.8 Å². The highest BCUT2D eigenvalue weighted by Gasteiger charge is 2.60. The fourth-order valence-corrected chi connectivity index (χ4v) is 3.18. The molecule has 1 aliphatic carbocycles. The highest BCUT2D eigenvalue weighted by atomic mass is 19.1. The molecule has 3 atom stereocenters. The number of amides is 2. The number of alkyl halides is 1. The maximum atomic E-state index is 13.1. The smallest absolute Gasteiger partial charge is 0.287 e. The van der Waals surface area contributed by atoms with Crippen LogP contribution in [0.25, 0.3) is 0 Å². The summed E-state index contributed by atoms with van der Waals surface area (Å²) in [5, 5.41) is 11.9. The second kappa shape index (κ2) is 6.98. The van der Waals surface area contributed by atoms with Crippen molar-refractivity contribution in [2.45, 2.75) is 39.4 Å². The minimum atomic E-state index is -1.14. The number of nitrogens with one attached hydrogen (secondary N) is 2. The Labute approximate surface area is 155 Å². The lowest BCUT2D eigenvalue weighted by molar-refractivity contribution is -0.114. The molecule has 8 nitrogen and oxygen atoms in total. The van der Waals surface area contributed by atoms with E-state index in [4.69, 9.17) is 15.0 Å². The highest BCUT2D eigenvalue weighted by molar-refractivity contribution is 5.99. The Morgan fingerprint density at radius 3 is 2.93 bits per heavy atom. The SMILES string of the molecule is CC(=O)Nc1cc(C(=O)N2OC(=N)C3(CC=C3OC[C@@H](C)F)C2C)ccn1. The molecular formula is C18H21FN4O4. The number of hydrogen-bond acceptors (Lipinski definition) is 6. The third kappa shape index (κ3) is 3.24. The van der Waals surface area contributed by atoms with E-state index in [9.17, 15) is 14.0 Å². The van der Waals surface area contributed by atoms with Crippen LogP contribution in [0.2, 0.25) is 0 Å². The summed E-state index contributed by atoms with van der Waals surface area (Å²) < 4.78 is 18.6. The van der Waals surface area contributed by atoms with E-state index in [1.54, 1.807) is 13.0 Å². The Balaban J connectivity index is 1.79. The monoisotopic (exact) mass is 376 g/mol. The fraction of sp³-hybridized carbons (Fsp3) is 0.444. The van der Waals surface area contributed by atoms with Crippen molar-refractivity contribution in [1.82, 2.24) is 10.0 Å². The van der Waals surface area contributed by atoms with Crippen LogP contribution in [-0.4, -0.2) is 46.6 Å². The molecule has 1 aliphatic heterocycles. The zero-order valence-corrected chi connectivity index (χ0v) is 15.3. The molecule has 2 N–H and O–H groups in total. The van der Waals surface area contributed by atoms with E-state index in [0.717, 1.165) is 5.06 Å². The number of ether oxygens (including phenoxy) is 1. The van der Waals surface area contributed by atoms with Crippen molar-refractivity contribution >= 4 is 23.5 Å². The molecule has 0 saturated carbocycles. The topological polar surface area (TPSA) is 105 Å². The van der Waals surface area contributed by atoms with Crippen molar-refractivity contribution in [2.24, 2.45) is 5.41 Å². The normalized spacial score (nSPS) is 24.7. The Hall–Kier alpha value is -2.97. The Kier molecular flexibility index (Phi) is 4.86. The number of pyridine rings is 1. The first-order valence-electron chi connectivity index (χ1n) is 8.57. The molecule has 1 saturated heterocycles. The zero-order chi connectivity index (χ0) is 19.8. The summed E-state index contributed by atoms with van der Waals surface area (Å²) in [5.41, 5.74) is -0.633. The summed E-state index contributed by atoms with van der Waals surface area (Å²) >= 11 is 0. The van der Waals surface area contributed by atoms with Crippen molar-refractivity contribution in [1.29, 1.82) is 5.41 Å². The first-order valence-corrected chi connectivity index (χ1v) is 8.57. The van der Waals surface area contributed by atoms with Crippen LogP contribution >= 0.6 is 0 Å². The van der Waals surface area contributed by atoms with Gasteiger partial charge in [-0.1, -0.05) is 0 Å². The average Bonchev–Trinajstić information content (AvgIpc) is 2.85. The quantitative estimate of drug-likeness (QED) is 0.821. The van der Waals surface area contributed by atoms with Gasteiger partial charge in [0.25, 0.3) is 5.91 Å². The summed E-state index contributed by atoms with van der Waals surface area (Å²) in [6.45, 7) is 4.37. The van der Waals surface area contributed by atoms with Gasteiger partial charge >= 0.3 is 0 Å². The second-order valence-corrected chi connectivity index (χ2v) is 6.67. The molecule has 0 aromatic carbocycles. The number of carbonyl (C=O) groups excluding carboxylic acids is 2. The van der Waals surface area contributed by atoms with Gasteiger partial charge in [0.2, 0.25) is 11.8 Å². The number of rotatable bonds is 5. The lowest BCUT2D eigenvalue weighted by atomic mass is 9.69. The van der Waals surface area contributed by atoms with E-state index < -0.39 is 23.5 Å². The molecule has 1 spiro atoms. The van der Waals surface area contributed by atoms with Crippen LogP contribution in [0.3, 0.4) is 0 Å². The average molecular weight is 376 g/mol. The molecule has 1 aromatic rings. The molecule has 9 heteroatoms. The van der Waals surface area contributed by atoms with Gasteiger partial charge in [-0.05, 0) is 38.5 Å². The van der Waals surface area contributed by atoms with E-state index in [1.807, 2.05) is 0 Å². The lowest BCUT2D eigenvalue weighted by Crippen LogP contribution is -2.47. The molecule has 2 aliphatic rings. The molecule has 27 heavy (non-hydrogen) atoms. The van der Waals surface area contributed by atoms with Gasteiger partial charge < -0.3 is 14.9 Å². The van der Waals surface area contributed by atoms with Crippen molar-refractivity contribution in [3.8, 4) is 0 Å². The van der Waals surface area contributed by atoms with Gasteiger partial charge in [0.05, 0.1) is 6.04 Å². The maximum absolute atomic E-state index is 13.1. The molecule has 2 unspecified atom stereocenters. The standard InChI is InChI=1S/C18H21FN4O4/c1-10(19)9-26-14-4-6-18(14)11(2)23(27-17(18)20)16(25)13-5-7-21-15(8-13)22-12(3)24/h4-5,7-8,10-11,20H,6,9H2,1-3H3,(H,21,22,24)/t10-,11?,18?/m1/s1. The Bertz CT molecular complexity index is 825. The minimum Gasteiger partial charge on any atom is -0.494 e. The van der Waals surface area contributed by atoms with E-state index in [0.29, 0.717) is 12.2 Å². The molecule has 1 aromatic heterocycles. The van der Waals surface area contributed by atoms with Gasteiger partial charge in [-0.3, -0.25) is 15.0 Å². The number of anilines is 1. The predicted octanol–water partition coefficient (Wildman–Crippen LogP) is 2.44. The first-order chi connectivity index (χ1) is 12.8. The molecule has 144 valence electrons. The van der Waals surface area contributed by atoms with Gasteiger partial charge in [-0.2, -0.15) is 5.06 Å². The number of carbonyl (C=O) groups is 2. The van der Waals surface area contributed by atoms with Crippen molar-refractivity contribution in [3.05, 3.63) is 35.7 Å². The summed E-state index contributed by atoms with van der Waals surface area (Å²) in [7, 11) is 0. The van der Waals surface area contributed by atoms with Gasteiger partial charge in [-0.15, -0.1) is 0 Å². The van der Waals surface area contributed by atoms with Crippen molar-refractivity contribution < 1.29 is 23.6 Å². The van der Waals surface area contributed by atoms with E-state index in [2.05, 4.69) is 10.3 Å². The second-order valence-electron chi connectivity index (χ2n) is 6.67. The highest BCUT2D eigenvalue weighted by Crippen LogP contribution is 2.51. The summed E-state index contributed by atoms with van der Waals surface area (Å²) in [5.74, 6) is -0.184. The molecular weight excluding hydrogens is 355 g/mol. The van der Waals surface area contributed by atoms with Crippen LogP contribution in [-0.2, 0) is 14.4 Å². The number of nitrogens with zero attached hydrogens (tertiary/aromatic N) is 2. The Morgan fingerprint density at radius 1 is 1.59 bits per heavy atom. The third-order valence-electron chi connectivity index (χ3n) is 4.69. The van der Waals surface area contributed by atoms with Gasteiger partial charge in [0, 0.05) is 18.7 Å². The molecule has 0 bridgehead atoms. The maximum Gasteiger partial charge on any atom is 0.287 e. The number of hydrogen-bond donors (Lipinski definition) is 2. The summed E-state index contributed by atoms with van der Waals surface area (Å²) in [6.07, 6.45) is 2.50. The molecule has 2 amide bonds. The van der Waals surface area contributed by atoms with Gasteiger partial charge in [0.15, 0.2) is 0 Å². The number of hydroxylamine groups is 2. The molecule has 1 fully saturated rings. The van der Waals surface area contributed by atoms with E-state index in [1.165, 1.54) is 32.2 Å². The summed E-state index contributed by atoms with van der Waals surface area (Å²) in [4.78, 5) is 33.5. The zero-order valence-electron chi connectivity index (χ0n) is 15.3. The third-order valence-corrected chi connectivity index (χ3v) is 4.69.